The van der Waals surface area contributed by atoms with Crippen LogP contribution in [0.5, 0.6) is 0 Å². The molecule has 10 heavy (non-hydrogen) atoms. The lowest BCUT2D eigenvalue weighted by atomic mass is 10.4. The predicted octanol–water partition coefficient (Wildman–Crippen LogP) is -0.782. The van der Waals surface area contributed by atoms with E-state index >= 15 is 0 Å². The second-order valence-electron chi connectivity index (χ2n) is 1.60. The van der Waals surface area contributed by atoms with Gasteiger partial charge < -0.3 is 15.8 Å². The molecule has 0 heterocycles. The van der Waals surface area contributed by atoms with Crippen LogP contribution in [0.3, 0.4) is 0 Å². The maximum Gasteiger partial charge on any atom is 0.406 e. The molecule has 5 nitrogen and oxygen atoms in total. The number of amides is 2. The molecule has 0 aliphatic rings. The van der Waals surface area contributed by atoms with Crippen LogP contribution in [0.4, 0.5) is 4.79 Å². The van der Waals surface area contributed by atoms with Crippen LogP contribution in [-0.2, 0) is 9.53 Å². The van der Waals surface area contributed by atoms with E-state index in [2.05, 4.69) is 10.1 Å². The van der Waals surface area contributed by atoms with Gasteiger partial charge in [0, 0.05) is 7.05 Å². The fraction of sp³-hybridized carbons (Fsp3) is 0.600. The number of hydrogen-bond donors (Lipinski definition) is 2. The van der Waals surface area contributed by atoms with Gasteiger partial charge >= 0.3 is 6.09 Å². The Morgan fingerprint density at radius 1 is 1.60 bits per heavy atom. The van der Waals surface area contributed by atoms with Crippen molar-refractivity contribution in [3.63, 3.8) is 0 Å². The van der Waals surface area contributed by atoms with Crippen molar-refractivity contribution in [1.82, 2.24) is 5.32 Å². The molecule has 0 atom stereocenters. The highest BCUT2D eigenvalue weighted by molar-refractivity contribution is 5.74. The van der Waals surface area contributed by atoms with Crippen LogP contribution in [0, 0.1) is 0 Å². The van der Waals surface area contributed by atoms with E-state index in [0.29, 0.717) is 0 Å². The van der Waals surface area contributed by atoms with Gasteiger partial charge in [0.15, 0.2) is 0 Å². The number of nitrogens with two attached hydrogens (primary N) is 1. The van der Waals surface area contributed by atoms with Crippen molar-refractivity contribution in [2.75, 3.05) is 13.7 Å². The van der Waals surface area contributed by atoms with Gasteiger partial charge in [0.1, 0.15) is 6.61 Å². The SMILES string of the molecule is CNC(=O)OCCC(N)=O. The Labute approximate surface area is 58.5 Å². The molecule has 3 N–H and O–H groups in total. The number of carbonyl (C=O) groups excluding carboxylic acids is 2. The molecular weight excluding hydrogens is 136 g/mol. The molecule has 0 unspecified atom stereocenters. The summed E-state index contributed by atoms with van der Waals surface area (Å²) < 4.78 is 4.45. The molecule has 0 aromatic carbocycles. The first kappa shape index (κ1) is 8.74. The molecule has 0 spiro atoms. The molecule has 0 radical (unpaired) electrons. The first-order chi connectivity index (χ1) is 4.66. The van der Waals surface area contributed by atoms with Crippen LogP contribution < -0.4 is 11.1 Å². The van der Waals surface area contributed by atoms with Gasteiger partial charge in [-0.15, -0.1) is 0 Å². The first-order valence-electron chi connectivity index (χ1n) is 2.79. The van der Waals surface area contributed by atoms with Gasteiger partial charge in [-0.3, -0.25) is 4.79 Å². The third kappa shape index (κ3) is 4.89. The zero-order valence-electron chi connectivity index (χ0n) is 5.72. The fourth-order valence-electron chi connectivity index (χ4n) is 0.316. The van der Waals surface area contributed by atoms with Gasteiger partial charge in [-0.1, -0.05) is 0 Å². The maximum atomic E-state index is 10.3. The molecule has 0 saturated carbocycles. The van der Waals surface area contributed by atoms with Crippen LogP contribution >= 0.6 is 0 Å². The zero-order valence-corrected chi connectivity index (χ0v) is 5.72. The Balaban J connectivity index is 3.20. The molecule has 0 bridgehead atoms. The van der Waals surface area contributed by atoms with Crippen molar-refractivity contribution < 1.29 is 14.3 Å². The smallest absolute Gasteiger partial charge is 0.406 e. The highest BCUT2D eigenvalue weighted by atomic mass is 16.5. The van der Waals surface area contributed by atoms with E-state index in [0.717, 1.165) is 0 Å². The van der Waals surface area contributed by atoms with E-state index in [1.54, 1.807) is 0 Å². The van der Waals surface area contributed by atoms with Crippen LogP contribution in [0.2, 0.25) is 0 Å². The van der Waals surface area contributed by atoms with Crippen molar-refractivity contribution in [2.24, 2.45) is 5.73 Å². The second-order valence-corrected chi connectivity index (χ2v) is 1.60. The quantitative estimate of drug-likeness (QED) is 0.547. The highest BCUT2D eigenvalue weighted by Crippen LogP contribution is 1.80. The van der Waals surface area contributed by atoms with Crippen LogP contribution in [0.15, 0.2) is 0 Å². The standard InChI is InChI=1S/C5H10N2O3/c1-7-5(9)10-3-2-4(6)8/h2-3H2,1H3,(H2,6,8)(H,7,9). The Hall–Kier alpha value is -1.26. The van der Waals surface area contributed by atoms with E-state index in [1.165, 1.54) is 7.05 Å². The van der Waals surface area contributed by atoms with E-state index in [1.807, 2.05) is 0 Å². The number of ether oxygens (including phenoxy) is 1. The number of nitrogens with one attached hydrogen (secondary N) is 1. The van der Waals surface area contributed by atoms with Gasteiger partial charge in [0.25, 0.3) is 0 Å². The van der Waals surface area contributed by atoms with Crippen LogP contribution in [0.25, 0.3) is 0 Å². The topological polar surface area (TPSA) is 81.4 Å². The minimum atomic E-state index is -0.554. The molecule has 0 fully saturated rings. The first-order valence-corrected chi connectivity index (χ1v) is 2.79. The lowest BCUT2D eigenvalue weighted by Gasteiger charge is -1.99. The summed E-state index contributed by atoms with van der Waals surface area (Å²) in [4.78, 5) is 20.4. The average molecular weight is 146 g/mol. The monoisotopic (exact) mass is 146 g/mol. The molecule has 0 saturated heterocycles. The number of alkyl carbamates (subject to hydrolysis) is 1. The Kier molecular flexibility index (Phi) is 4.02. The third-order valence-corrected chi connectivity index (χ3v) is 0.786. The minimum Gasteiger partial charge on any atom is -0.449 e. The molecule has 58 valence electrons. The average Bonchev–Trinajstić information content (AvgIpc) is 1.87. The van der Waals surface area contributed by atoms with Gasteiger partial charge in [-0.25, -0.2) is 4.79 Å². The molecule has 0 aliphatic heterocycles. The summed E-state index contributed by atoms with van der Waals surface area (Å²) >= 11 is 0. The Morgan fingerprint density at radius 2 is 2.20 bits per heavy atom. The van der Waals surface area contributed by atoms with Gasteiger partial charge in [-0.2, -0.15) is 0 Å². The molecular formula is C5H10N2O3. The van der Waals surface area contributed by atoms with Gasteiger partial charge in [0.2, 0.25) is 5.91 Å². The lowest BCUT2D eigenvalue weighted by Crippen LogP contribution is -2.22. The molecule has 0 rings (SSSR count). The summed E-state index contributed by atoms with van der Waals surface area (Å²) in [6.45, 7) is 0.0367. The van der Waals surface area contributed by atoms with Gasteiger partial charge in [0.05, 0.1) is 6.42 Å². The van der Waals surface area contributed by atoms with Crippen molar-refractivity contribution in [2.45, 2.75) is 6.42 Å². The summed E-state index contributed by atoms with van der Waals surface area (Å²) in [5.41, 5.74) is 4.77. The number of carbonyl (C=O) groups is 2. The summed E-state index contributed by atoms with van der Waals surface area (Å²) in [6.07, 6.45) is -0.491. The summed E-state index contributed by atoms with van der Waals surface area (Å²) in [5, 5.41) is 2.23. The minimum absolute atomic E-state index is 0.0367. The van der Waals surface area contributed by atoms with Crippen LogP contribution in [0.1, 0.15) is 6.42 Å². The Bertz CT molecular complexity index is 135. The normalized spacial score (nSPS) is 8.50. The highest BCUT2D eigenvalue weighted by Gasteiger charge is 1.98. The number of primary amides is 1. The summed E-state index contributed by atoms with van der Waals surface area (Å²) in [7, 11) is 1.44. The summed E-state index contributed by atoms with van der Waals surface area (Å²) in [5.74, 6) is -0.482. The fourth-order valence-corrected chi connectivity index (χ4v) is 0.316. The summed E-state index contributed by atoms with van der Waals surface area (Å²) in [6, 6.07) is 0. The van der Waals surface area contributed by atoms with Gasteiger partial charge in [-0.05, 0) is 0 Å². The Morgan fingerprint density at radius 3 is 2.60 bits per heavy atom. The molecule has 0 aromatic rings. The molecule has 0 aliphatic carbocycles. The maximum absolute atomic E-state index is 10.3. The van der Waals surface area contributed by atoms with Crippen molar-refractivity contribution >= 4 is 12.0 Å². The third-order valence-electron chi connectivity index (χ3n) is 0.786. The van der Waals surface area contributed by atoms with E-state index < -0.39 is 12.0 Å². The number of rotatable bonds is 3. The van der Waals surface area contributed by atoms with Crippen molar-refractivity contribution in [3.8, 4) is 0 Å². The van der Waals surface area contributed by atoms with E-state index in [-0.39, 0.29) is 13.0 Å². The van der Waals surface area contributed by atoms with E-state index in [9.17, 15) is 9.59 Å². The molecule has 5 heteroatoms. The number of hydrogen-bond acceptors (Lipinski definition) is 3. The second kappa shape index (κ2) is 4.60. The van der Waals surface area contributed by atoms with Crippen LogP contribution in [-0.4, -0.2) is 25.7 Å². The predicted molar refractivity (Wildman–Crippen MR) is 34.2 cm³/mol. The lowest BCUT2D eigenvalue weighted by molar-refractivity contribution is -0.118. The molecule has 0 aromatic heterocycles. The van der Waals surface area contributed by atoms with E-state index in [4.69, 9.17) is 5.73 Å². The largest absolute Gasteiger partial charge is 0.449 e. The van der Waals surface area contributed by atoms with Crippen molar-refractivity contribution in [1.29, 1.82) is 0 Å². The zero-order chi connectivity index (χ0) is 7.98. The van der Waals surface area contributed by atoms with Crippen molar-refractivity contribution in [3.05, 3.63) is 0 Å². The molecule has 2 amide bonds.